The van der Waals surface area contributed by atoms with Gasteiger partial charge in [0.25, 0.3) is 0 Å². The van der Waals surface area contributed by atoms with Gasteiger partial charge >= 0.3 is 0 Å². The molecule has 0 spiro atoms. The maximum atomic E-state index is 13.5. The van der Waals surface area contributed by atoms with Crippen LogP contribution in [0.5, 0.6) is 0 Å². The molecule has 0 radical (unpaired) electrons. The Bertz CT molecular complexity index is 676. The van der Waals surface area contributed by atoms with Gasteiger partial charge in [0.1, 0.15) is 5.82 Å². The zero-order valence-electron chi connectivity index (χ0n) is 16.7. The van der Waals surface area contributed by atoms with Crippen molar-refractivity contribution in [1.29, 1.82) is 0 Å². The lowest BCUT2D eigenvalue weighted by Crippen LogP contribution is -2.52. The molecule has 27 heavy (non-hydrogen) atoms. The summed E-state index contributed by atoms with van der Waals surface area (Å²) in [6.45, 7) is 9.19. The molecule has 1 aliphatic carbocycles. The molecule has 2 fully saturated rings. The van der Waals surface area contributed by atoms with Gasteiger partial charge in [-0.25, -0.2) is 4.39 Å². The van der Waals surface area contributed by atoms with Crippen molar-refractivity contribution >= 4 is 11.6 Å². The average molecular weight is 374 g/mol. The SMILES string of the molecule is CC(C)N1CCN(C(=O)[C@H]2CC[C@H](N3CCc4cc(F)ccc43)CC2)CC1. The molecule has 1 aromatic carbocycles. The fourth-order valence-corrected chi connectivity index (χ4v) is 5.13. The predicted molar refractivity (Wildman–Crippen MR) is 106 cm³/mol. The molecule has 4 nitrogen and oxygen atoms in total. The summed E-state index contributed by atoms with van der Waals surface area (Å²) in [6.07, 6.45) is 5.05. The van der Waals surface area contributed by atoms with Crippen LogP contribution in [0.1, 0.15) is 45.1 Å². The molecule has 1 saturated carbocycles. The molecular formula is C22H32FN3O. The standard InChI is InChI=1S/C22H32FN3O/c1-16(2)24-11-13-25(14-12-24)22(27)17-3-6-20(7-4-17)26-10-9-18-15-19(23)5-8-21(18)26/h5,8,15-17,20H,3-4,6-7,9-14H2,1-2H3/t17-,20-. The van der Waals surface area contributed by atoms with Crippen molar-refractivity contribution < 1.29 is 9.18 Å². The second-order valence-corrected chi connectivity index (χ2v) is 8.68. The Balaban J connectivity index is 1.30. The van der Waals surface area contributed by atoms with Crippen molar-refractivity contribution in [3.05, 3.63) is 29.6 Å². The van der Waals surface area contributed by atoms with E-state index < -0.39 is 0 Å². The molecule has 0 aromatic heterocycles. The van der Waals surface area contributed by atoms with E-state index in [0.717, 1.165) is 70.4 Å². The van der Waals surface area contributed by atoms with Crippen LogP contribution in [0.3, 0.4) is 0 Å². The second-order valence-electron chi connectivity index (χ2n) is 8.68. The Labute approximate surface area is 162 Å². The first-order valence-corrected chi connectivity index (χ1v) is 10.6. The number of hydrogen-bond acceptors (Lipinski definition) is 3. The molecule has 5 heteroatoms. The first-order chi connectivity index (χ1) is 13.0. The van der Waals surface area contributed by atoms with Crippen molar-refractivity contribution in [3.63, 3.8) is 0 Å². The second kappa shape index (κ2) is 7.78. The van der Waals surface area contributed by atoms with E-state index in [9.17, 15) is 9.18 Å². The monoisotopic (exact) mass is 373 g/mol. The highest BCUT2D eigenvalue weighted by atomic mass is 19.1. The van der Waals surface area contributed by atoms with Gasteiger partial charge < -0.3 is 9.80 Å². The van der Waals surface area contributed by atoms with Crippen LogP contribution in [0, 0.1) is 11.7 Å². The summed E-state index contributed by atoms with van der Waals surface area (Å²) in [5.74, 6) is 0.436. The topological polar surface area (TPSA) is 26.8 Å². The maximum Gasteiger partial charge on any atom is 0.225 e. The van der Waals surface area contributed by atoms with Gasteiger partial charge in [0.2, 0.25) is 5.91 Å². The summed E-state index contributed by atoms with van der Waals surface area (Å²) >= 11 is 0. The van der Waals surface area contributed by atoms with Crippen LogP contribution in [0.25, 0.3) is 0 Å². The number of fused-ring (bicyclic) bond motifs is 1. The largest absolute Gasteiger partial charge is 0.368 e. The first-order valence-electron chi connectivity index (χ1n) is 10.6. The van der Waals surface area contributed by atoms with Crippen LogP contribution in [0.4, 0.5) is 10.1 Å². The number of nitrogens with zero attached hydrogens (tertiary/aromatic N) is 3. The minimum absolute atomic E-state index is 0.137. The molecule has 0 N–H and O–H groups in total. The Hall–Kier alpha value is -1.62. The summed E-state index contributed by atoms with van der Waals surface area (Å²) < 4.78 is 13.5. The summed E-state index contributed by atoms with van der Waals surface area (Å²) in [6, 6.07) is 6.25. The van der Waals surface area contributed by atoms with Crippen LogP contribution in [0.15, 0.2) is 18.2 Å². The van der Waals surface area contributed by atoms with Gasteiger partial charge in [-0.3, -0.25) is 9.69 Å². The number of carbonyl (C=O) groups is 1. The summed E-state index contributed by atoms with van der Waals surface area (Å²) in [5, 5.41) is 0. The third kappa shape index (κ3) is 3.84. The molecule has 3 aliphatic rings. The summed E-state index contributed by atoms with van der Waals surface area (Å²) in [4.78, 5) is 19.9. The lowest BCUT2D eigenvalue weighted by Gasteiger charge is -2.40. The Morgan fingerprint density at radius 2 is 1.74 bits per heavy atom. The lowest BCUT2D eigenvalue weighted by molar-refractivity contribution is -0.138. The van der Waals surface area contributed by atoms with Gasteiger partial charge in [-0.05, 0) is 69.7 Å². The molecule has 0 bridgehead atoms. The van der Waals surface area contributed by atoms with Gasteiger partial charge in [-0.2, -0.15) is 0 Å². The van der Waals surface area contributed by atoms with Gasteiger partial charge in [-0.1, -0.05) is 0 Å². The summed E-state index contributed by atoms with van der Waals surface area (Å²) in [5.41, 5.74) is 2.34. The smallest absolute Gasteiger partial charge is 0.225 e. The molecule has 148 valence electrons. The van der Waals surface area contributed by atoms with E-state index >= 15 is 0 Å². The van der Waals surface area contributed by atoms with E-state index in [1.807, 2.05) is 6.07 Å². The molecule has 2 aliphatic heterocycles. The van der Waals surface area contributed by atoms with Crippen molar-refractivity contribution in [2.24, 2.45) is 5.92 Å². The van der Waals surface area contributed by atoms with Crippen LogP contribution in [-0.2, 0) is 11.2 Å². The maximum absolute atomic E-state index is 13.5. The first kappa shape index (κ1) is 18.7. The van der Waals surface area contributed by atoms with E-state index in [4.69, 9.17) is 0 Å². The van der Waals surface area contributed by atoms with Crippen molar-refractivity contribution in [1.82, 2.24) is 9.80 Å². The van der Waals surface area contributed by atoms with Gasteiger partial charge in [-0.15, -0.1) is 0 Å². The fraction of sp³-hybridized carbons (Fsp3) is 0.682. The van der Waals surface area contributed by atoms with Crippen LogP contribution in [-0.4, -0.2) is 60.5 Å². The zero-order chi connectivity index (χ0) is 19.0. The minimum Gasteiger partial charge on any atom is -0.368 e. The highest BCUT2D eigenvalue weighted by Gasteiger charge is 2.34. The number of hydrogen-bond donors (Lipinski definition) is 0. The van der Waals surface area contributed by atoms with E-state index in [1.54, 1.807) is 12.1 Å². The quantitative estimate of drug-likeness (QED) is 0.813. The third-order valence-corrected chi connectivity index (χ3v) is 6.82. The molecule has 1 saturated heterocycles. The normalized spacial score (nSPS) is 26.5. The van der Waals surface area contributed by atoms with Crippen molar-refractivity contribution in [3.8, 4) is 0 Å². The molecule has 0 atom stereocenters. The predicted octanol–water partition coefficient (Wildman–Crippen LogP) is 3.30. The highest BCUT2D eigenvalue weighted by Crippen LogP contribution is 2.36. The van der Waals surface area contributed by atoms with E-state index in [2.05, 4.69) is 28.5 Å². The van der Waals surface area contributed by atoms with Gasteiger partial charge in [0.15, 0.2) is 0 Å². The molecule has 0 unspecified atom stereocenters. The minimum atomic E-state index is -0.137. The molecule has 4 rings (SSSR count). The number of amides is 1. The zero-order valence-corrected chi connectivity index (χ0v) is 16.7. The number of piperazine rings is 1. The Morgan fingerprint density at radius 3 is 2.41 bits per heavy atom. The Morgan fingerprint density at radius 1 is 1.04 bits per heavy atom. The third-order valence-electron chi connectivity index (χ3n) is 6.82. The Kier molecular flexibility index (Phi) is 5.40. The highest BCUT2D eigenvalue weighted by molar-refractivity contribution is 5.79. The number of halogens is 1. The van der Waals surface area contributed by atoms with Crippen LogP contribution >= 0.6 is 0 Å². The lowest BCUT2D eigenvalue weighted by atomic mass is 9.84. The van der Waals surface area contributed by atoms with Crippen molar-refractivity contribution in [2.45, 2.75) is 58.0 Å². The summed E-state index contributed by atoms with van der Waals surface area (Å²) in [7, 11) is 0. The number of rotatable bonds is 3. The van der Waals surface area contributed by atoms with E-state index in [0.29, 0.717) is 18.0 Å². The van der Waals surface area contributed by atoms with Gasteiger partial charge in [0.05, 0.1) is 0 Å². The molecule has 1 amide bonds. The molecular weight excluding hydrogens is 341 g/mol. The number of carbonyl (C=O) groups excluding carboxylic acids is 1. The molecule has 1 aromatic rings. The van der Waals surface area contributed by atoms with E-state index in [1.165, 1.54) is 5.69 Å². The number of benzene rings is 1. The fourth-order valence-electron chi connectivity index (χ4n) is 5.13. The van der Waals surface area contributed by atoms with E-state index in [-0.39, 0.29) is 11.7 Å². The number of anilines is 1. The van der Waals surface area contributed by atoms with Crippen LogP contribution in [0.2, 0.25) is 0 Å². The van der Waals surface area contributed by atoms with Crippen molar-refractivity contribution in [2.75, 3.05) is 37.6 Å². The molecule has 2 heterocycles. The average Bonchev–Trinajstić information content (AvgIpc) is 3.10. The van der Waals surface area contributed by atoms with Gasteiger partial charge in [0, 0.05) is 56.4 Å². The van der Waals surface area contributed by atoms with Crippen LogP contribution < -0.4 is 4.90 Å².